The van der Waals surface area contributed by atoms with E-state index in [0.29, 0.717) is 41.9 Å². The maximum atomic E-state index is 13.7. The lowest BCUT2D eigenvalue weighted by atomic mass is 9.93. The average molecular weight is 1760 g/mol. The lowest BCUT2D eigenvalue weighted by molar-refractivity contribution is 0.404. The average Bonchev–Trinajstić information content (AvgIpc) is 1.61. The van der Waals surface area contributed by atoms with Gasteiger partial charge in [0.05, 0.1) is 113 Å². The van der Waals surface area contributed by atoms with E-state index >= 15 is 0 Å². The lowest BCUT2D eigenvalue weighted by Gasteiger charge is -2.26. The second-order valence-electron chi connectivity index (χ2n) is 33.9. The minimum atomic E-state index is -0.261. The molecule has 0 radical (unpaired) electrons. The number of fused-ring (bicyclic) bond motifs is 4. The van der Waals surface area contributed by atoms with Crippen LogP contribution in [-0.2, 0) is 45.3 Å². The normalized spacial score (nSPS) is 16.9. The Morgan fingerprint density at radius 2 is 0.685 bits per heavy atom. The number of benzene rings is 5. The molecule has 660 valence electrons. The van der Waals surface area contributed by atoms with Crippen LogP contribution in [-0.4, -0.2) is 144 Å². The van der Waals surface area contributed by atoms with E-state index in [2.05, 4.69) is 101 Å². The highest BCUT2D eigenvalue weighted by atomic mass is 32.2. The zero-order valence-corrected chi connectivity index (χ0v) is 72.9. The Morgan fingerprint density at radius 1 is 0.362 bits per heavy atom. The number of aryl methyl sites for hydroxylation is 4. The molecule has 0 amide bonds. The number of hydrogen-bond donors (Lipinski definition) is 4. The fraction of sp³-hybridized carbons (Fsp3) is 0.316. The molecule has 32 heteroatoms. The van der Waals surface area contributed by atoms with Gasteiger partial charge in [-0.2, -0.15) is 0 Å². The molecule has 0 saturated heterocycles. The van der Waals surface area contributed by atoms with Crippen LogP contribution >= 0.6 is 11.8 Å². The SMILES string of the molecule is CCCNc1nccc(-c2c(-c3ccc(F)cc3)nc3n2C(Cn2ccnc2)CC3)n1.COc1ccccc1SCC1CCc2nc(-c3ccc(F)cc3)c(-c3ccnc(NC4CCC4)n3)n21.Fc1ccc(-c2nc3n(c2-c2ccnc(NC4CC4)n2)C(Cn2ccnc2)CC3)cc1.Fc1ccc(-c2nc3n(c2-c2ccnc(NC4CCC4)n2)C(Cn2ccnc2)CC3)cc1. The van der Waals surface area contributed by atoms with E-state index in [9.17, 15) is 17.6 Å². The van der Waals surface area contributed by atoms with E-state index < -0.39 is 0 Å². The summed E-state index contributed by atoms with van der Waals surface area (Å²) in [7, 11) is 1.71. The van der Waals surface area contributed by atoms with Gasteiger partial charge in [-0.3, -0.25) is 0 Å². The van der Waals surface area contributed by atoms with Crippen molar-refractivity contribution in [2.24, 2.45) is 0 Å². The summed E-state index contributed by atoms with van der Waals surface area (Å²) in [5, 5.41) is 13.6. The Morgan fingerprint density at radius 3 is 1.00 bits per heavy atom. The van der Waals surface area contributed by atoms with E-state index in [1.54, 1.807) is 105 Å². The molecule has 15 heterocycles. The third kappa shape index (κ3) is 18.6. The van der Waals surface area contributed by atoms with Crippen molar-refractivity contribution in [2.45, 2.75) is 183 Å². The highest BCUT2D eigenvalue weighted by molar-refractivity contribution is 7.99. The summed E-state index contributed by atoms with van der Waals surface area (Å²) in [5.74, 6) is 7.44. The minimum absolute atomic E-state index is 0.239. The number of nitrogens with zero attached hydrogens (tertiary/aromatic N) is 22. The first kappa shape index (κ1) is 84.1. The molecule has 4 unspecified atom stereocenters. The summed E-state index contributed by atoms with van der Waals surface area (Å²) in [6.45, 7) is 5.36. The molecule has 5 aromatic carbocycles. The molecular weight excluding hydrogens is 1670 g/mol. The highest BCUT2D eigenvalue weighted by Crippen LogP contribution is 2.47. The number of nitrogens with one attached hydrogen (secondary N) is 4. The van der Waals surface area contributed by atoms with Gasteiger partial charge in [0.2, 0.25) is 23.8 Å². The molecular formula is C98H98F4N26OS. The van der Waals surface area contributed by atoms with Crippen LogP contribution in [0.2, 0.25) is 0 Å². The summed E-state index contributed by atoms with van der Waals surface area (Å²) < 4.78 is 75.6. The van der Waals surface area contributed by atoms with Gasteiger partial charge in [-0.05, 0) is 217 Å². The maximum Gasteiger partial charge on any atom is 0.223 e. The molecule has 4 aliphatic heterocycles. The zero-order valence-electron chi connectivity index (χ0n) is 72.1. The predicted octanol–water partition coefficient (Wildman–Crippen LogP) is 19.3. The quantitative estimate of drug-likeness (QED) is 0.0275. The van der Waals surface area contributed by atoms with Crippen molar-refractivity contribution in [3.05, 3.63) is 273 Å². The summed E-state index contributed by atoms with van der Waals surface area (Å²) in [5.41, 5.74) is 14.0. The minimum Gasteiger partial charge on any atom is -0.496 e. The first-order chi connectivity index (χ1) is 63.9. The molecule has 11 aromatic heterocycles. The molecule has 4 N–H and O–H groups in total. The van der Waals surface area contributed by atoms with E-state index in [0.717, 1.165) is 253 Å². The summed E-state index contributed by atoms with van der Waals surface area (Å²) >= 11 is 1.80. The van der Waals surface area contributed by atoms with Crippen LogP contribution in [0.4, 0.5) is 41.4 Å². The first-order valence-electron chi connectivity index (χ1n) is 44.9. The molecule has 27 nitrogen and oxygen atoms in total. The third-order valence-electron chi connectivity index (χ3n) is 25.0. The largest absolute Gasteiger partial charge is 0.496 e. The number of methoxy groups -OCH3 is 1. The summed E-state index contributed by atoms with van der Waals surface area (Å²) in [6.07, 6.45) is 42.1. The van der Waals surface area contributed by atoms with Crippen molar-refractivity contribution in [3.63, 3.8) is 0 Å². The Kier molecular flexibility index (Phi) is 24.7. The fourth-order valence-corrected chi connectivity index (χ4v) is 19.2. The number of rotatable bonds is 27. The molecule has 130 heavy (non-hydrogen) atoms. The van der Waals surface area contributed by atoms with Crippen LogP contribution in [0.15, 0.2) is 231 Å². The van der Waals surface area contributed by atoms with E-state index in [1.807, 2.05) is 86.2 Å². The molecule has 23 rings (SSSR count). The van der Waals surface area contributed by atoms with Crippen molar-refractivity contribution in [2.75, 3.05) is 40.7 Å². The highest BCUT2D eigenvalue weighted by Gasteiger charge is 2.37. The second-order valence-corrected chi connectivity index (χ2v) is 34.9. The van der Waals surface area contributed by atoms with Gasteiger partial charge >= 0.3 is 0 Å². The van der Waals surface area contributed by atoms with Crippen LogP contribution in [0.3, 0.4) is 0 Å². The van der Waals surface area contributed by atoms with Gasteiger partial charge in [-0.1, -0.05) is 19.1 Å². The van der Waals surface area contributed by atoms with Crippen LogP contribution in [0.25, 0.3) is 90.6 Å². The van der Waals surface area contributed by atoms with E-state index in [-0.39, 0.29) is 47.4 Å². The predicted molar refractivity (Wildman–Crippen MR) is 492 cm³/mol. The summed E-state index contributed by atoms with van der Waals surface area (Å²) in [6, 6.07) is 44.3. The van der Waals surface area contributed by atoms with Gasteiger partial charge in [0.15, 0.2) is 0 Å². The summed E-state index contributed by atoms with van der Waals surface area (Å²) in [4.78, 5) is 70.8. The molecule has 4 atom stereocenters. The fourth-order valence-electron chi connectivity index (χ4n) is 18.0. The van der Waals surface area contributed by atoms with Gasteiger partial charge in [-0.15, -0.1) is 11.8 Å². The van der Waals surface area contributed by atoms with Crippen molar-refractivity contribution in [1.29, 1.82) is 0 Å². The Balaban J connectivity index is 0.000000109. The van der Waals surface area contributed by atoms with Gasteiger partial charge in [0, 0.05) is 171 Å². The van der Waals surface area contributed by atoms with Crippen molar-refractivity contribution >= 4 is 35.6 Å². The van der Waals surface area contributed by atoms with Gasteiger partial charge < -0.3 is 58.0 Å². The lowest BCUT2D eigenvalue weighted by Crippen LogP contribution is -2.28. The third-order valence-corrected chi connectivity index (χ3v) is 26.2. The number of para-hydroxylation sites is 1. The van der Waals surface area contributed by atoms with Crippen molar-refractivity contribution < 1.29 is 22.3 Å². The molecule has 3 fully saturated rings. The number of aromatic nitrogens is 22. The Hall–Kier alpha value is -14.0. The molecule has 3 aliphatic carbocycles. The molecule has 16 aromatic rings. The monoisotopic (exact) mass is 1760 g/mol. The second kappa shape index (κ2) is 38.1. The van der Waals surface area contributed by atoms with Crippen molar-refractivity contribution in [1.82, 2.24) is 107 Å². The van der Waals surface area contributed by atoms with Crippen LogP contribution in [0, 0.1) is 23.3 Å². The van der Waals surface area contributed by atoms with Crippen LogP contribution in [0.5, 0.6) is 5.75 Å². The number of halogens is 4. The number of hydrogen-bond acceptors (Lipinski definition) is 21. The topological polar surface area (TPSA) is 285 Å². The standard InChI is InChI=1S/C28H28FN5OS.C24H24FN7.C23H22FN7.C23H24FN7/c1-35-23-7-2-3-8-24(23)36-17-21-13-14-25-33-26(18-9-11-19(29)12-10-18)27(34(21)25)22-15-16-30-28(32-22)31-20-5-4-6-20;25-17-6-4-16(5-7-17)22-23(20-10-11-27-24(29-20)28-18-2-1-3-18)32-19(8-9-21(32)30-22)14-31-13-12-26-15-31;24-16-3-1-15(2-4-16)21-22(19-9-10-26-23(28-19)27-17-5-6-17)31-18(7-8-20(31)29-21)13-30-12-11-25-14-30;1-2-10-26-23-27-11-9-19(28-23)22-21(16-3-5-17(24)6-4-16)29-20-8-7-18(31(20)22)14-30-13-12-25-15-30/h2-3,7-12,15-16,20-21H,4-6,13-14,17H2,1H3,(H,30,31,32);4-7,10-13,15,18-19H,1-3,8-9,14H2,(H,27,28,29);1-4,9-12,14,17-18H,5-8,13H2,(H,26,27,28);3-6,9,11-13,15,18H,2,7-8,10,14H2,1H3,(H,26,27,28). The molecule has 7 aliphatic rings. The van der Waals surface area contributed by atoms with Crippen molar-refractivity contribution in [3.8, 4) is 96.3 Å². The Bertz CT molecular complexity index is 6550. The molecule has 0 bridgehead atoms. The number of anilines is 4. The van der Waals surface area contributed by atoms with Gasteiger partial charge in [-0.25, -0.2) is 92.3 Å². The van der Waals surface area contributed by atoms with Gasteiger partial charge in [0.1, 0.15) is 52.3 Å². The number of ether oxygens (including phenoxy) is 1. The molecule has 3 saturated carbocycles. The first-order valence-corrected chi connectivity index (χ1v) is 45.9. The molecule has 0 spiro atoms. The zero-order chi connectivity index (χ0) is 88.0. The number of thioether (sulfide) groups is 1. The number of imidazole rings is 7. The van der Waals surface area contributed by atoms with E-state index in [1.165, 1.54) is 61.4 Å². The smallest absolute Gasteiger partial charge is 0.223 e. The van der Waals surface area contributed by atoms with Gasteiger partial charge in [0.25, 0.3) is 0 Å². The Labute approximate surface area is 753 Å². The van der Waals surface area contributed by atoms with Crippen LogP contribution < -0.4 is 26.0 Å². The van der Waals surface area contributed by atoms with E-state index in [4.69, 9.17) is 44.6 Å². The maximum absolute atomic E-state index is 13.7. The van der Waals surface area contributed by atoms with Crippen LogP contribution in [0.1, 0.15) is 138 Å².